The molecular formula is C23H24ClN3O3. The maximum absolute atomic E-state index is 13.2. The molecule has 1 amide bonds. The third-order valence-electron chi connectivity index (χ3n) is 5.09. The number of aliphatic hydroxyl groups excluding tert-OH is 1. The van der Waals surface area contributed by atoms with Crippen LogP contribution in [0.1, 0.15) is 22.4 Å². The molecule has 3 rings (SSSR count). The van der Waals surface area contributed by atoms with Gasteiger partial charge >= 0.3 is 0 Å². The molecule has 2 N–H and O–H groups in total. The summed E-state index contributed by atoms with van der Waals surface area (Å²) in [7, 11) is 0. The van der Waals surface area contributed by atoms with E-state index >= 15 is 0 Å². The molecule has 0 saturated heterocycles. The van der Waals surface area contributed by atoms with Crippen molar-refractivity contribution in [2.24, 2.45) is 0 Å². The van der Waals surface area contributed by atoms with E-state index in [1.165, 1.54) is 4.57 Å². The minimum Gasteiger partial charge on any atom is -0.396 e. The molecule has 30 heavy (non-hydrogen) atoms. The van der Waals surface area contributed by atoms with E-state index in [1.54, 1.807) is 31.2 Å². The maximum atomic E-state index is 13.2. The highest BCUT2D eigenvalue weighted by Crippen LogP contribution is 2.22. The van der Waals surface area contributed by atoms with Crippen LogP contribution in [-0.2, 0) is 17.8 Å². The van der Waals surface area contributed by atoms with Crippen LogP contribution in [0, 0.1) is 20.8 Å². The van der Waals surface area contributed by atoms with Gasteiger partial charge in [0.05, 0.1) is 0 Å². The van der Waals surface area contributed by atoms with E-state index in [1.807, 2.05) is 32.0 Å². The quantitative estimate of drug-likeness (QED) is 0.631. The summed E-state index contributed by atoms with van der Waals surface area (Å²) < 4.78 is 1.34. The number of nitrogens with one attached hydrogen (secondary N) is 1. The van der Waals surface area contributed by atoms with Gasteiger partial charge in [0.2, 0.25) is 5.91 Å². The first kappa shape index (κ1) is 21.7. The molecule has 3 aromatic rings. The summed E-state index contributed by atoms with van der Waals surface area (Å²) >= 11 is 6.13. The number of anilines is 1. The summed E-state index contributed by atoms with van der Waals surface area (Å²) in [4.78, 5) is 30.6. The summed E-state index contributed by atoms with van der Waals surface area (Å²) in [5.41, 5.74) is 3.94. The Morgan fingerprint density at radius 1 is 1.17 bits per heavy atom. The molecule has 1 heterocycles. The number of nitrogens with zero attached hydrogens (tertiary/aromatic N) is 2. The largest absolute Gasteiger partial charge is 0.396 e. The molecule has 0 aliphatic rings. The fraction of sp³-hybridized carbons (Fsp3) is 0.261. The number of rotatable bonds is 6. The van der Waals surface area contributed by atoms with Crippen molar-refractivity contribution in [3.8, 4) is 11.4 Å². The highest BCUT2D eigenvalue weighted by molar-refractivity contribution is 6.30. The highest BCUT2D eigenvalue weighted by atomic mass is 35.5. The third-order valence-corrected chi connectivity index (χ3v) is 5.33. The second-order valence-corrected chi connectivity index (χ2v) is 7.61. The minimum absolute atomic E-state index is 0.173. The minimum atomic E-state index is -0.345. The number of carbonyl (C=O) groups excluding carboxylic acids is 1. The number of hydrogen-bond acceptors (Lipinski definition) is 4. The molecule has 7 heteroatoms. The third kappa shape index (κ3) is 4.61. The molecule has 0 unspecified atom stereocenters. The fourth-order valence-electron chi connectivity index (χ4n) is 3.31. The number of carbonyl (C=O) groups is 1. The lowest BCUT2D eigenvalue weighted by Crippen LogP contribution is -2.33. The van der Waals surface area contributed by atoms with E-state index in [0.717, 1.165) is 11.1 Å². The van der Waals surface area contributed by atoms with Gasteiger partial charge in [-0.05, 0) is 50.1 Å². The van der Waals surface area contributed by atoms with Crippen LogP contribution in [0.2, 0.25) is 5.02 Å². The topological polar surface area (TPSA) is 84.2 Å². The summed E-state index contributed by atoms with van der Waals surface area (Å²) in [6.45, 7) is 5.24. The summed E-state index contributed by atoms with van der Waals surface area (Å²) in [6.07, 6.45) is 0.173. The van der Waals surface area contributed by atoms with E-state index < -0.39 is 0 Å². The normalized spacial score (nSPS) is 10.8. The molecule has 0 saturated carbocycles. The van der Waals surface area contributed by atoms with E-state index in [9.17, 15) is 14.7 Å². The predicted molar refractivity (Wildman–Crippen MR) is 119 cm³/mol. The lowest BCUT2D eigenvalue weighted by molar-refractivity contribution is -0.116. The van der Waals surface area contributed by atoms with Crippen molar-refractivity contribution in [2.75, 3.05) is 11.9 Å². The summed E-state index contributed by atoms with van der Waals surface area (Å²) in [5.74, 6) is 0.0208. The molecule has 0 fully saturated rings. The summed E-state index contributed by atoms with van der Waals surface area (Å²) in [6, 6.07) is 12.7. The van der Waals surface area contributed by atoms with E-state index in [-0.39, 0.29) is 31.0 Å². The second kappa shape index (κ2) is 9.24. The number of halogens is 1. The van der Waals surface area contributed by atoms with E-state index in [4.69, 9.17) is 11.6 Å². The molecule has 0 atom stereocenters. The van der Waals surface area contributed by atoms with Crippen molar-refractivity contribution in [3.05, 3.63) is 80.2 Å². The average molecular weight is 426 g/mol. The van der Waals surface area contributed by atoms with Crippen LogP contribution in [-0.4, -0.2) is 27.2 Å². The Kier molecular flexibility index (Phi) is 6.70. The molecule has 0 aliphatic carbocycles. The van der Waals surface area contributed by atoms with Crippen molar-refractivity contribution in [1.29, 1.82) is 0 Å². The van der Waals surface area contributed by atoms with Gasteiger partial charge < -0.3 is 10.4 Å². The SMILES string of the molecule is Cc1cccc(NC(=O)Cn2c(-c3cccc(Cl)c3)nc(C)c(CCO)c2=O)c1C. The predicted octanol–water partition coefficient (Wildman–Crippen LogP) is 3.66. The van der Waals surface area contributed by atoms with Crippen LogP contribution >= 0.6 is 11.6 Å². The van der Waals surface area contributed by atoms with Crippen LogP contribution in [0.4, 0.5) is 5.69 Å². The lowest BCUT2D eigenvalue weighted by atomic mass is 10.1. The Balaban J connectivity index is 2.05. The highest BCUT2D eigenvalue weighted by Gasteiger charge is 2.18. The van der Waals surface area contributed by atoms with Gasteiger partial charge in [-0.15, -0.1) is 0 Å². The van der Waals surface area contributed by atoms with Crippen LogP contribution in [0.25, 0.3) is 11.4 Å². The van der Waals surface area contributed by atoms with Crippen molar-refractivity contribution >= 4 is 23.2 Å². The van der Waals surface area contributed by atoms with Crippen LogP contribution in [0.5, 0.6) is 0 Å². The van der Waals surface area contributed by atoms with Crippen LogP contribution in [0.3, 0.4) is 0 Å². The Morgan fingerprint density at radius 2 is 1.90 bits per heavy atom. The van der Waals surface area contributed by atoms with Gasteiger partial charge in [0.25, 0.3) is 5.56 Å². The van der Waals surface area contributed by atoms with E-state index in [0.29, 0.717) is 33.4 Å². The number of benzene rings is 2. The zero-order valence-corrected chi connectivity index (χ0v) is 18.0. The Morgan fingerprint density at radius 3 is 2.60 bits per heavy atom. The maximum Gasteiger partial charge on any atom is 0.257 e. The number of amides is 1. The smallest absolute Gasteiger partial charge is 0.257 e. The fourth-order valence-corrected chi connectivity index (χ4v) is 3.50. The second-order valence-electron chi connectivity index (χ2n) is 7.17. The molecule has 0 radical (unpaired) electrons. The molecule has 2 aromatic carbocycles. The number of aromatic nitrogens is 2. The Bertz CT molecular complexity index is 1150. The first-order valence-electron chi connectivity index (χ1n) is 9.65. The zero-order valence-electron chi connectivity index (χ0n) is 17.2. The molecular weight excluding hydrogens is 402 g/mol. The number of hydrogen-bond donors (Lipinski definition) is 2. The van der Waals surface area contributed by atoms with Gasteiger partial charge in [-0.1, -0.05) is 35.9 Å². The Hall–Kier alpha value is -2.96. The van der Waals surface area contributed by atoms with Crippen LogP contribution < -0.4 is 10.9 Å². The lowest BCUT2D eigenvalue weighted by Gasteiger charge is -2.16. The monoisotopic (exact) mass is 425 g/mol. The first-order valence-corrected chi connectivity index (χ1v) is 10.0. The summed E-state index contributed by atoms with van der Waals surface area (Å²) in [5, 5.41) is 12.7. The number of aliphatic hydroxyl groups is 1. The van der Waals surface area contributed by atoms with E-state index in [2.05, 4.69) is 10.3 Å². The molecule has 1 aromatic heterocycles. The zero-order chi connectivity index (χ0) is 21.8. The Labute approximate surface area is 180 Å². The molecule has 0 spiro atoms. The van der Waals surface area contributed by atoms with Crippen molar-refractivity contribution in [1.82, 2.24) is 9.55 Å². The van der Waals surface area contributed by atoms with Gasteiger partial charge in [-0.25, -0.2) is 4.98 Å². The average Bonchev–Trinajstić information content (AvgIpc) is 2.70. The van der Waals surface area contributed by atoms with Crippen LogP contribution in [0.15, 0.2) is 47.3 Å². The first-order chi connectivity index (χ1) is 14.3. The van der Waals surface area contributed by atoms with Gasteiger partial charge in [-0.3, -0.25) is 14.2 Å². The van der Waals surface area contributed by atoms with Crippen molar-refractivity contribution in [2.45, 2.75) is 33.7 Å². The van der Waals surface area contributed by atoms with Crippen molar-refractivity contribution in [3.63, 3.8) is 0 Å². The molecule has 6 nitrogen and oxygen atoms in total. The van der Waals surface area contributed by atoms with Crippen molar-refractivity contribution < 1.29 is 9.90 Å². The molecule has 0 aliphatic heterocycles. The van der Waals surface area contributed by atoms with Gasteiger partial charge in [-0.2, -0.15) is 0 Å². The van der Waals surface area contributed by atoms with Gasteiger partial charge in [0.1, 0.15) is 12.4 Å². The molecule has 0 bridgehead atoms. The van der Waals surface area contributed by atoms with Gasteiger partial charge in [0.15, 0.2) is 0 Å². The molecule has 156 valence electrons. The van der Waals surface area contributed by atoms with Gasteiger partial charge in [0, 0.05) is 40.6 Å². The standard InChI is InChI=1S/C23H24ClN3O3/c1-14-6-4-9-20(15(14)2)26-21(29)13-27-22(17-7-5-8-18(24)12-17)25-16(3)19(10-11-28)23(27)30/h4-9,12,28H,10-11,13H2,1-3H3,(H,26,29). The number of aryl methyl sites for hydroxylation is 2.